The zero-order valence-corrected chi connectivity index (χ0v) is 18.8. The Kier molecular flexibility index (Phi) is 5.84. The molecular weight excluding hydrogens is 433 g/mol. The summed E-state index contributed by atoms with van der Waals surface area (Å²) in [6.45, 7) is 1.35. The van der Waals surface area contributed by atoms with E-state index >= 15 is 0 Å². The normalized spacial score (nSPS) is 14.7. The molecule has 2 amide bonds. The molecule has 0 atom stereocenters. The maximum absolute atomic E-state index is 13.4. The first-order valence-corrected chi connectivity index (χ1v) is 11.2. The minimum absolute atomic E-state index is 0.177. The Bertz CT molecular complexity index is 1280. The van der Waals surface area contributed by atoms with Crippen molar-refractivity contribution in [2.75, 3.05) is 13.7 Å². The van der Waals surface area contributed by atoms with Crippen molar-refractivity contribution in [2.45, 2.75) is 25.8 Å². The summed E-state index contributed by atoms with van der Waals surface area (Å²) in [5, 5.41) is 2.91. The van der Waals surface area contributed by atoms with Crippen LogP contribution in [-0.4, -0.2) is 36.2 Å². The van der Waals surface area contributed by atoms with Crippen LogP contribution in [0.4, 0.5) is 10.1 Å². The van der Waals surface area contributed by atoms with Gasteiger partial charge in [-0.25, -0.2) is 9.38 Å². The molecule has 7 heteroatoms. The SMILES string of the molecule is COc1ccc(-c2ccc(F)cc2)c2c1CC(NC(=O)c1ccc(CN3CCCC3=O)cc1)=N2. The van der Waals surface area contributed by atoms with Crippen LogP contribution >= 0.6 is 0 Å². The number of aliphatic imine (C=N–C) groups is 1. The van der Waals surface area contributed by atoms with E-state index in [0.717, 1.165) is 35.2 Å². The van der Waals surface area contributed by atoms with Crippen LogP contribution in [0.3, 0.4) is 0 Å². The highest BCUT2D eigenvalue weighted by Gasteiger charge is 2.24. The maximum Gasteiger partial charge on any atom is 0.256 e. The first-order chi connectivity index (χ1) is 16.5. The molecule has 0 spiro atoms. The lowest BCUT2D eigenvalue weighted by Gasteiger charge is -2.15. The Morgan fingerprint density at radius 3 is 2.53 bits per heavy atom. The smallest absolute Gasteiger partial charge is 0.256 e. The molecule has 2 aliphatic rings. The van der Waals surface area contributed by atoms with Crippen LogP contribution in [0.2, 0.25) is 0 Å². The molecule has 2 heterocycles. The molecular formula is C27H24FN3O3. The minimum Gasteiger partial charge on any atom is -0.496 e. The predicted molar refractivity (Wildman–Crippen MR) is 128 cm³/mol. The summed E-state index contributed by atoms with van der Waals surface area (Å²) >= 11 is 0. The van der Waals surface area contributed by atoms with Crippen molar-refractivity contribution >= 4 is 23.3 Å². The Balaban J connectivity index is 1.33. The Morgan fingerprint density at radius 1 is 1.09 bits per heavy atom. The predicted octanol–water partition coefficient (Wildman–Crippen LogP) is 4.64. The lowest BCUT2D eigenvalue weighted by molar-refractivity contribution is -0.128. The van der Waals surface area contributed by atoms with Crippen LogP contribution in [0.25, 0.3) is 11.1 Å². The number of carbonyl (C=O) groups is 2. The van der Waals surface area contributed by atoms with Crippen LogP contribution in [0.15, 0.2) is 65.7 Å². The van der Waals surface area contributed by atoms with Gasteiger partial charge in [0, 0.05) is 42.6 Å². The molecule has 6 nitrogen and oxygen atoms in total. The highest BCUT2D eigenvalue weighted by molar-refractivity contribution is 6.10. The molecule has 0 radical (unpaired) electrons. The zero-order valence-electron chi connectivity index (χ0n) is 18.8. The molecule has 2 aliphatic heterocycles. The molecule has 3 aromatic carbocycles. The molecule has 1 N–H and O–H groups in total. The molecule has 0 saturated carbocycles. The van der Waals surface area contributed by atoms with Crippen molar-refractivity contribution in [2.24, 2.45) is 4.99 Å². The molecule has 1 saturated heterocycles. The van der Waals surface area contributed by atoms with E-state index in [2.05, 4.69) is 10.3 Å². The van der Waals surface area contributed by atoms with Gasteiger partial charge in [0.25, 0.3) is 5.91 Å². The summed E-state index contributed by atoms with van der Waals surface area (Å²) < 4.78 is 18.9. The number of methoxy groups -OCH3 is 1. The Morgan fingerprint density at radius 2 is 1.85 bits per heavy atom. The van der Waals surface area contributed by atoms with E-state index in [0.29, 0.717) is 42.2 Å². The Hall–Kier alpha value is -4.00. The first kappa shape index (κ1) is 21.8. The number of hydrogen-bond acceptors (Lipinski definition) is 4. The molecule has 0 bridgehead atoms. The number of nitrogens with zero attached hydrogens (tertiary/aromatic N) is 2. The van der Waals surface area contributed by atoms with Gasteiger partial charge in [-0.1, -0.05) is 24.3 Å². The molecule has 34 heavy (non-hydrogen) atoms. The Labute approximate surface area is 197 Å². The second-order valence-electron chi connectivity index (χ2n) is 8.45. The van der Waals surface area contributed by atoms with Gasteiger partial charge >= 0.3 is 0 Å². The quantitative estimate of drug-likeness (QED) is 0.607. The number of nitrogens with one attached hydrogen (secondary N) is 1. The molecule has 5 rings (SSSR count). The van der Waals surface area contributed by atoms with Crippen molar-refractivity contribution in [1.29, 1.82) is 0 Å². The molecule has 172 valence electrons. The van der Waals surface area contributed by atoms with Gasteiger partial charge in [0.05, 0.1) is 12.8 Å². The number of amidine groups is 1. The number of halogens is 1. The van der Waals surface area contributed by atoms with Gasteiger partial charge in [-0.3, -0.25) is 9.59 Å². The summed E-state index contributed by atoms with van der Waals surface area (Å²) in [4.78, 5) is 31.2. The third-order valence-electron chi connectivity index (χ3n) is 6.22. The number of benzene rings is 3. The van der Waals surface area contributed by atoms with Gasteiger partial charge in [0.1, 0.15) is 17.4 Å². The van der Waals surface area contributed by atoms with Gasteiger partial charge in [0.2, 0.25) is 5.91 Å². The van der Waals surface area contributed by atoms with Crippen LogP contribution in [0.5, 0.6) is 5.75 Å². The van der Waals surface area contributed by atoms with E-state index < -0.39 is 0 Å². The van der Waals surface area contributed by atoms with E-state index in [-0.39, 0.29) is 17.6 Å². The van der Waals surface area contributed by atoms with E-state index in [1.807, 2.05) is 29.2 Å². The number of amides is 2. The van der Waals surface area contributed by atoms with E-state index in [1.165, 1.54) is 12.1 Å². The third kappa shape index (κ3) is 4.29. The van der Waals surface area contributed by atoms with Crippen molar-refractivity contribution in [3.8, 4) is 16.9 Å². The summed E-state index contributed by atoms with van der Waals surface area (Å²) in [6, 6.07) is 17.3. The lowest BCUT2D eigenvalue weighted by Crippen LogP contribution is -2.30. The number of likely N-dealkylation sites (tertiary alicyclic amines) is 1. The highest BCUT2D eigenvalue weighted by Crippen LogP contribution is 2.42. The van der Waals surface area contributed by atoms with Crippen LogP contribution in [0, 0.1) is 5.82 Å². The summed E-state index contributed by atoms with van der Waals surface area (Å²) in [6.07, 6.45) is 1.94. The number of hydrogen-bond donors (Lipinski definition) is 1. The summed E-state index contributed by atoms with van der Waals surface area (Å²) in [5.74, 6) is 0.839. The van der Waals surface area contributed by atoms with Crippen molar-refractivity contribution in [1.82, 2.24) is 10.2 Å². The number of ether oxygens (including phenoxy) is 1. The number of carbonyl (C=O) groups excluding carboxylic acids is 2. The largest absolute Gasteiger partial charge is 0.496 e. The van der Waals surface area contributed by atoms with E-state index in [1.54, 1.807) is 31.4 Å². The fourth-order valence-electron chi connectivity index (χ4n) is 4.44. The standard InChI is InChI=1S/C27H24FN3O3/c1-34-23-13-12-21(18-8-10-20(28)11-9-18)26-22(23)15-24(29-26)30-27(33)19-6-4-17(5-7-19)16-31-14-2-3-25(31)32/h4-13H,2-3,14-16H2,1H3,(H,29,30,33). The molecule has 3 aromatic rings. The van der Waals surface area contributed by atoms with Crippen molar-refractivity contribution < 1.29 is 18.7 Å². The van der Waals surface area contributed by atoms with Crippen molar-refractivity contribution in [3.63, 3.8) is 0 Å². The summed E-state index contributed by atoms with van der Waals surface area (Å²) in [7, 11) is 1.60. The second-order valence-corrected chi connectivity index (χ2v) is 8.45. The highest BCUT2D eigenvalue weighted by atomic mass is 19.1. The molecule has 0 aliphatic carbocycles. The monoisotopic (exact) mass is 457 g/mol. The van der Waals surface area contributed by atoms with Gasteiger partial charge in [-0.2, -0.15) is 0 Å². The van der Waals surface area contributed by atoms with Gasteiger partial charge in [0.15, 0.2) is 0 Å². The van der Waals surface area contributed by atoms with E-state index in [9.17, 15) is 14.0 Å². The van der Waals surface area contributed by atoms with Gasteiger partial charge in [-0.15, -0.1) is 0 Å². The molecule has 1 fully saturated rings. The third-order valence-corrected chi connectivity index (χ3v) is 6.22. The fraction of sp³-hybridized carbons (Fsp3) is 0.222. The lowest BCUT2D eigenvalue weighted by atomic mass is 9.99. The van der Waals surface area contributed by atoms with Gasteiger partial charge in [-0.05, 0) is 53.9 Å². The average molecular weight is 458 g/mol. The molecule has 0 unspecified atom stereocenters. The topological polar surface area (TPSA) is 71.0 Å². The number of rotatable bonds is 5. The number of fused-ring (bicyclic) bond motifs is 1. The van der Waals surface area contributed by atoms with Gasteiger partial charge < -0.3 is 15.0 Å². The van der Waals surface area contributed by atoms with Crippen molar-refractivity contribution in [3.05, 3.63) is 83.2 Å². The van der Waals surface area contributed by atoms with Crippen LogP contribution < -0.4 is 10.1 Å². The second kappa shape index (κ2) is 9.09. The van der Waals surface area contributed by atoms with Crippen LogP contribution in [-0.2, 0) is 17.8 Å². The molecule has 0 aromatic heterocycles. The average Bonchev–Trinajstić information content (AvgIpc) is 3.45. The van der Waals surface area contributed by atoms with Crippen LogP contribution in [0.1, 0.15) is 34.3 Å². The fourth-order valence-corrected chi connectivity index (χ4v) is 4.44. The zero-order chi connectivity index (χ0) is 23.7. The minimum atomic E-state index is -0.302. The van der Waals surface area contributed by atoms with E-state index in [4.69, 9.17) is 4.74 Å². The summed E-state index contributed by atoms with van der Waals surface area (Å²) in [5.41, 5.74) is 4.79. The maximum atomic E-state index is 13.4. The first-order valence-electron chi connectivity index (χ1n) is 11.2.